The molecule has 2 heterocycles. The third-order valence-electron chi connectivity index (χ3n) is 3.05. The van der Waals surface area contributed by atoms with Gasteiger partial charge in [-0.25, -0.2) is 0 Å². The predicted molar refractivity (Wildman–Crippen MR) is 41.8 cm³/mol. The van der Waals surface area contributed by atoms with Crippen molar-refractivity contribution in [1.82, 2.24) is 4.90 Å². The summed E-state index contributed by atoms with van der Waals surface area (Å²) in [5.74, 6) is 0.822. The number of fused-ring (bicyclic) bond motifs is 1. The molecule has 58 valence electrons. The number of hydrogen-bond donors (Lipinski definition) is 1. The minimum atomic E-state index is 0.822. The lowest BCUT2D eigenvalue weighted by atomic mass is 9.99. The minimum Gasteiger partial charge on any atom is -0.330 e. The Hall–Kier alpha value is -0.0800. The maximum atomic E-state index is 5.66. The van der Waals surface area contributed by atoms with E-state index in [0.717, 1.165) is 18.5 Å². The van der Waals surface area contributed by atoms with E-state index >= 15 is 0 Å². The Morgan fingerprint density at radius 1 is 1.30 bits per heavy atom. The molecular weight excluding hydrogens is 124 g/mol. The molecule has 2 aliphatic heterocycles. The highest BCUT2D eigenvalue weighted by Gasteiger charge is 2.35. The third-order valence-corrected chi connectivity index (χ3v) is 3.05. The van der Waals surface area contributed by atoms with Gasteiger partial charge < -0.3 is 10.6 Å². The van der Waals surface area contributed by atoms with E-state index in [-0.39, 0.29) is 0 Å². The zero-order valence-corrected chi connectivity index (χ0v) is 6.42. The van der Waals surface area contributed by atoms with Crippen molar-refractivity contribution < 1.29 is 0 Å². The van der Waals surface area contributed by atoms with Crippen molar-refractivity contribution in [3.05, 3.63) is 0 Å². The molecule has 2 saturated heterocycles. The summed E-state index contributed by atoms with van der Waals surface area (Å²) in [6.07, 6.45) is 4.16. The van der Waals surface area contributed by atoms with Gasteiger partial charge in [0.2, 0.25) is 0 Å². The second kappa shape index (κ2) is 2.51. The molecule has 2 nitrogen and oxygen atoms in total. The van der Waals surface area contributed by atoms with E-state index < -0.39 is 0 Å². The molecule has 2 fully saturated rings. The van der Waals surface area contributed by atoms with E-state index in [1.54, 1.807) is 0 Å². The predicted octanol–water partition coefficient (Wildman–Crippen LogP) is 0.429. The van der Waals surface area contributed by atoms with E-state index in [4.69, 9.17) is 5.73 Å². The van der Waals surface area contributed by atoms with Gasteiger partial charge in [0.25, 0.3) is 0 Å². The molecule has 0 unspecified atom stereocenters. The molecule has 2 atom stereocenters. The molecule has 0 radical (unpaired) electrons. The highest BCUT2D eigenvalue weighted by molar-refractivity contribution is 4.91. The second-order valence-corrected chi connectivity index (χ2v) is 3.53. The maximum absolute atomic E-state index is 5.66. The van der Waals surface area contributed by atoms with Crippen LogP contribution in [0.15, 0.2) is 0 Å². The van der Waals surface area contributed by atoms with Gasteiger partial charge >= 0.3 is 0 Å². The molecule has 0 spiro atoms. The Labute approximate surface area is 62.4 Å². The minimum absolute atomic E-state index is 0.822. The topological polar surface area (TPSA) is 29.3 Å². The molecule has 0 bridgehead atoms. The molecule has 10 heavy (non-hydrogen) atoms. The quantitative estimate of drug-likeness (QED) is 0.572. The van der Waals surface area contributed by atoms with E-state index in [2.05, 4.69) is 4.90 Å². The van der Waals surface area contributed by atoms with Gasteiger partial charge in [0, 0.05) is 6.04 Å². The summed E-state index contributed by atoms with van der Waals surface area (Å²) in [4.78, 5) is 2.61. The summed E-state index contributed by atoms with van der Waals surface area (Å²) in [7, 11) is 0. The fraction of sp³-hybridized carbons (Fsp3) is 1.00. The lowest BCUT2D eigenvalue weighted by Gasteiger charge is -2.18. The highest BCUT2D eigenvalue weighted by atomic mass is 15.2. The Bertz CT molecular complexity index is 124. The first-order chi connectivity index (χ1) is 4.92. The van der Waals surface area contributed by atoms with Crippen LogP contribution >= 0.6 is 0 Å². The van der Waals surface area contributed by atoms with Crippen molar-refractivity contribution in [2.24, 2.45) is 11.7 Å². The van der Waals surface area contributed by atoms with Crippen molar-refractivity contribution in [3.63, 3.8) is 0 Å². The standard InChI is InChI=1S/C8H16N2/c9-6-7-3-5-10-4-1-2-8(7)10/h7-8H,1-6,9H2/t7-,8-/m0/s1. The normalized spacial score (nSPS) is 40.5. The summed E-state index contributed by atoms with van der Waals surface area (Å²) in [6.45, 7) is 3.55. The fourth-order valence-electron chi connectivity index (χ4n) is 2.46. The molecule has 0 aromatic rings. The third kappa shape index (κ3) is 0.867. The van der Waals surface area contributed by atoms with Gasteiger partial charge in [-0.1, -0.05) is 0 Å². The lowest BCUT2D eigenvalue weighted by molar-refractivity contribution is 0.293. The molecule has 2 rings (SSSR count). The summed E-state index contributed by atoms with van der Waals surface area (Å²) in [6, 6.07) is 0.866. The van der Waals surface area contributed by atoms with Crippen LogP contribution in [0.4, 0.5) is 0 Å². The molecule has 0 aromatic heterocycles. The van der Waals surface area contributed by atoms with Crippen LogP contribution in [0.5, 0.6) is 0 Å². The maximum Gasteiger partial charge on any atom is 0.0136 e. The second-order valence-electron chi connectivity index (χ2n) is 3.53. The molecule has 2 aliphatic rings. The molecular formula is C8H16N2. The van der Waals surface area contributed by atoms with Crippen molar-refractivity contribution in [2.45, 2.75) is 25.3 Å². The first-order valence-corrected chi connectivity index (χ1v) is 4.36. The van der Waals surface area contributed by atoms with Gasteiger partial charge in [0.15, 0.2) is 0 Å². The number of rotatable bonds is 1. The van der Waals surface area contributed by atoms with Gasteiger partial charge in [0.1, 0.15) is 0 Å². The zero-order chi connectivity index (χ0) is 6.97. The Balaban J connectivity index is 2.01. The highest BCUT2D eigenvalue weighted by Crippen LogP contribution is 2.31. The number of hydrogen-bond acceptors (Lipinski definition) is 2. The van der Waals surface area contributed by atoms with Gasteiger partial charge in [0.05, 0.1) is 0 Å². The molecule has 2 N–H and O–H groups in total. The monoisotopic (exact) mass is 140 g/mol. The molecule has 0 saturated carbocycles. The molecule has 0 amide bonds. The SMILES string of the molecule is NC[C@@H]1CCN2CCC[C@@H]12. The van der Waals surface area contributed by atoms with Crippen LogP contribution in [-0.2, 0) is 0 Å². The van der Waals surface area contributed by atoms with Crippen LogP contribution in [0.25, 0.3) is 0 Å². The smallest absolute Gasteiger partial charge is 0.0136 e. The summed E-state index contributed by atoms with van der Waals surface area (Å²) in [5.41, 5.74) is 5.66. The van der Waals surface area contributed by atoms with E-state index in [9.17, 15) is 0 Å². The van der Waals surface area contributed by atoms with Gasteiger partial charge in [-0.15, -0.1) is 0 Å². The van der Waals surface area contributed by atoms with E-state index in [1.165, 1.54) is 32.4 Å². The van der Waals surface area contributed by atoms with Crippen LogP contribution in [0.2, 0.25) is 0 Å². The average molecular weight is 140 g/mol. The lowest BCUT2D eigenvalue weighted by Crippen LogP contribution is -2.29. The summed E-state index contributed by atoms with van der Waals surface area (Å²) >= 11 is 0. The fourth-order valence-corrected chi connectivity index (χ4v) is 2.46. The van der Waals surface area contributed by atoms with Crippen molar-refractivity contribution in [3.8, 4) is 0 Å². The van der Waals surface area contributed by atoms with Gasteiger partial charge in [-0.05, 0) is 44.8 Å². The van der Waals surface area contributed by atoms with Crippen LogP contribution in [0.3, 0.4) is 0 Å². The van der Waals surface area contributed by atoms with Crippen molar-refractivity contribution >= 4 is 0 Å². The zero-order valence-electron chi connectivity index (χ0n) is 6.42. The first kappa shape index (κ1) is 6.62. The largest absolute Gasteiger partial charge is 0.330 e. The van der Waals surface area contributed by atoms with E-state index in [1.807, 2.05) is 0 Å². The Morgan fingerprint density at radius 3 is 3.00 bits per heavy atom. The summed E-state index contributed by atoms with van der Waals surface area (Å²) in [5, 5.41) is 0. The number of nitrogens with zero attached hydrogens (tertiary/aromatic N) is 1. The van der Waals surface area contributed by atoms with Gasteiger partial charge in [-0.2, -0.15) is 0 Å². The van der Waals surface area contributed by atoms with Crippen molar-refractivity contribution in [2.75, 3.05) is 19.6 Å². The molecule has 0 aliphatic carbocycles. The number of nitrogens with two attached hydrogens (primary N) is 1. The summed E-state index contributed by atoms with van der Waals surface area (Å²) < 4.78 is 0. The van der Waals surface area contributed by atoms with Crippen LogP contribution < -0.4 is 5.73 Å². The van der Waals surface area contributed by atoms with Crippen molar-refractivity contribution in [1.29, 1.82) is 0 Å². The Morgan fingerprint density at radius 2 is 2.20 bits per heavy atom. The van der Waals surface area contributed by atoms with Crippen LogP contribution in [0, 0.1) is 5.92 Å². The molecule has 2 heteroatoms. The van der Waals surface area contributed by atoms with E-state index in [0.29, 0.717) is 0 Å². The van der Waals surface area contributed by atoms with Crippen LogP contribution in [-0.4, -0.2) is 30.6 Å². The Kier molecular flexibility index (Phi) is 1.66. The van der Waals surface area contributed by atoms with Gasteiger partial charge in [-0.3, -0.25) is 0 Å². The average Bonchev–Trinajstić information content (AvgIpc) is 2.44. The first-order valence-electron chi connectivity index (χ1n) is 4.36. The molecule has 0 aromatic carbocycles. The van der Waals surface area contributed by atoms with Crippen LogP contribution in [0.1, 0.15) is 19.3 Å².